The fourth-order valence-electron chi connectivity index (χ4n) is 4.13. The van der Waals surface area contributed by atoms with Crippen molar-refractivity contribution in [2.24, 2.45) is 10.7 Å². The van der Waals surface area contributed by atoms with Gasteiger partial charge in [0.25, 0.3) is 0 Å². The summed E-state index contributed by atoms with van der Waals surface area (Å²) in [7, 11) is 0. The van der Waals surface area contributed by atoms with Crippen LogP contribution in [0.4, 0.5) is 8.78 Å². The number of benzene rings is 2. The van der Waals surface area contributed by atoms with Crippen molar-refractivity contribution in [1.29, 1.82) is 0 Å². The molecule has 2 aliphatic rings. The van der Waals surface area contributed by atoms with Gasteiger partial charge in [-0.3, -0.25) is 9.69 Å². The molecule has 0 bridgehead atoms. The van der Waals surface area contributed by atoms with Crippen LogP contribution in [0.25, 0.3) is 0 Å². The van der Waals surface area contributed by atoms with Gasteiger partial charge in [-0.1, -0.05) is 18.2 Å². The molecule has 1 saturated heterocycles. The summed E-state index contributed by atoms with van der Waals surface area (Å²) in [6.07, 6.45) is 1.17. The van der Waals surface area contributed by atoms with Gasteiger partial charge in [0.05, 0.1) is 6.61 Å². The predicted molar refractivity (Wildman–Crippen MR) is 113 cm³/mol. The zero-order valence-electron chi connectivity index (χ0n) is 17.4. The number of halogens is 2. The zero-order valence-corrected chi connectivity index (χ0v) is 17.4. The van der Waals surface area contributed by atoms with Gasteiger partial charge in [-0.05, 0) is 49.2 Å². The van der Waals surface area contributed by atoms with Crippen LogP contribution in [0.3, 0.4) is 0 Å². The number of ether oxygens (including phenoxy) is 2. The average molecular weight is 445 g/mol. The first-order chi connectivity index (χ1) is 15.5. The van der Waals surface area contributed by atoms with Crippen LogP contribution in [-0.2, 0) is 9.53 Å². The van der Waals surface area contributed by atoms with Crippen molar-refractivity contribution in [2.75, 3.05) is 26.3 Å². The first kappa shape index (κ1) is 22.2. The molecule has 0 saturated carbocycles. The zero-order chi connectivity index (χ0) is 22.7. The lowest BCUT2D eigenvalue weighted by Crippen LogP contribution is -2.35. The number of aliphatic hydroxyl groups excluding tert-OH is 1. The van der Waals surface area contributed by atoms with Gasteiger partial charge < -0.3 is 20.3 Å². The quantitative estimate of drug-likeness (QED) is 0.649. The summed E-state index contributed by atoms with van der Waals surface area (Å²) in [4.78, 5) is 18.2. The molecule has 7 nitrogen and oxygen atoms in total. The Balaban J connectivity index is 1.42. The van der Waals surface area contributed by atoms with Gasteiger partial charge in [-0.2, -0.15) is 0 Å². The number of primary amides is 1. The van der Waals surface area contributed by atoms with Gasteiger partial charge in [-0.25, -0.2) is 13.8 Å². The Kier molecular flexibility index (Phi) is 6.66. The molecular weight excluding hydrogens is 420 g/mol. The number of carbonyl (C=O) groups is 1. The minimum absolute atomic E-state index is 0.151. The van der Waals surface area contributed by atoms with E-state index in [4.69, 9.17) is 15.2 Å². The molecule has 0 radical (unpaired) electrons. The van der Waals surface area contributed by atoms with Crippen molar-refractivity contribution >= 4 is 11.8 Å². The Bertz CT molecular complexity index is 979. The molecule has 0 aromatic heterocycles. The highest BCUT2D eigenvalue weighted by atomic mass is 19.1. The summed E-state index contributed by atoms with van der Waals surface area (Å²) in [5, 5.41) is 9.39. The van der Waals surface area contributed by atoms with Gasteiger partial charge in [0.15, 0.2) is 12.1 Å². The molecule has 0 aliphatic carbocycles. The third-order valence-corrected chi connectivity index (χ3v) is 5.82. The molecule has 2 unspecified atom stereocenters. The Morgan fingerprint density at radius 3 is 2.59 bits per heavy atom. The highest BCUT2D eigenvalue weighted by molar-refractivity contribution is 5.99. The fourth-order valence-corrected chi connectivity index (χ4v) is 4.13. The third kappa shape index (κ3) is 4.58. The number of carbonyl (C=O) groups excluding carboxylic acids is 1. The second kappa shape index (κ2) is 9.62. The molecular formula is C23H25F2N3O4. The standard InChI is InChI=1S/C23H25F2N3O4/c24-17-4-1-5-18(25)19(17)23-27-20(22(26)30)21(32-23)14-6-8-16(9-7-14)31-12-11-28-10-2-3-15(28)13-29/h1,4-9,15,20-21,29H,2-3,10-13H2,(H2,26,30)/t15-,20?,21?/m1/s1. The van der Waals surface area contributed by atoms with E-state index in [0.717, 1.165) is 31.5 Å². The summed E-state index contributed by atoms with van der Waals surface area (Å²) >= 11 is 0. The number of amides is 1. The van der Waals surface area contributed by atoms with Crippen LogP contribution < -0.4 is 10.5 Å². The van der Waals surface area contributed by atoms with Crippen molar-refractivity contribution < 1.29 is 28.2 Å². The summed E-state index contributed by atoms with van der Waals surface area (Å²) in [6.45, 7) is 2.29. The highest BCUT2D eigenvalue weighted by Gasteiger charge is 2.38. The Morgan fingerprint density at radius 1 is 1.22 bits per heavy atom. The molecule has 2 aromatic carbocycles. The lowest BCUT2D eigenvalue weighted by Gasteiger charge is -2.22. The van der Waals surface area contributed by atoms with Crippen LogP contribution in [0.15, 0.2) is 47.5 Å². The molecule has 3 atom stereocenters. The minimum atomic E-state index is -1.11. The number of aliphatic hydroxyl groups is 1. The maximum absolute atomic E-state index is 14.1. The molecule has 32 heavy (non-hydrogen) atoms. The number of nitrogens with zero attached hydrogens (tertiary/aromatic N) is 2. The van der Waals surface area contributed by atoms with Crippen LogP contribution in [0.2, 0.25) is 0 Å². The van der Waals surface area contributed by atoms with Gasteiger partial charge in [0.1, 0.15) is 29.6 Å². The molecule has 1 fully saturated rings. The maximum Gasteiger partial charge on any atom is 0.246 e. The lowest BCUT2D eigenvalue weighted by atomic mass is 10.0. The van der Waals surface area contributed by atoms with Gasteiger partial charge in [-0.15, -0.1) is 0 Å². The Hall–Kier alpha value is -3.04. The Labute approximate surface area is 184 Å². The van der Waals surface area contributed by atoms with Gasteiger partial charge in [0.2, 0.25) is 11.8 Å². The number of rotatable bonds is 8. The van der Waals surface area contributed by atoms with E-state index in [1.165, 1.54) is 6.07 Å². The molecule has 0 spiro atoms. The first-order valence-corrected chi connectivity index (χ1v) is 10.5. The van der Waals surface area contributed by atoms with Crippen LogP contribution >= 0.6 is 0 Å². The monoisotopic (exact) mass is 445 g/mol. The predicted octanol–water partition coefficient (Wildman–Crippen LogP) is 2.17. The van der Waals surface area contributed by atoms with E-state index in [0.29, 0.717) is 24.5 Å². The summed E-state index contributed by atoms with van der Waals surface area (Å²) in [5.41, 5.74) is 5.61. The molecule has 1 amide bonds. The largest absolute Gasteiger partial charge is 0.492 e. The second-order valence-electron chi connectivity index (χ2n) is 7.85. The molecule has 2 heterocycles. The van der Waals surface area contributed by atoms with E-state index in [9.17, 15) is 18.7 Å². The number of hydrogen-bond donors (Lipinski definition) is 2. The van der Waals surface area contributed by atoms with Crippen molar-refractivity contribution in [3.8, 4) is 5.75 Å². The van der Waals surface area contributed by atoms with Crippen molar-refractivity contribution in [2.45, 2.75) is 31.0 Å². The third-order valence-electron chi connectivity index (χ3n) is 5.82. The summed E-state index contributed by atoms with van der Waals surface area (Å²) in [6, 6.07) is 9.37. The van der Waals surface area contributed by atoms with E-state index in [1.807, 2.05) is 0 Å². The van der Waals surface area contributed by atoms with Gasteiger partial charge in [0, 0.05) is 12.6 Å². The van der Waals surface area contributed by atoms with Gasteiger partial charge >= 0.3 is 0 Å². The lowest BCUT2D eigenvalue weighted by molar-refractivity contribution is -0.120. The van der Waals surface area contributed by atoms with Crippen LogP contribution in [0.5, 0.6) is 5.75 Å². The highest BCUT2D eigenvalue weighted by Crippen LogP contribution is 2.33. The molecule has 4 rings (SSSR count). The summed E-state index contributed by atoms with van der Waals surface area (Å²) < 4.78 is 39.7. The van der Waals surface area contributed by atoms with Crippen LogP contribution in [-0.4, -0.2) is 60.2 Å². The van der Waals surface area contributed by atoms with Crippen molar-refractivity contribution in [3.05, 3.63) is 65.2 Å². The SMILES string of the molecule is NC(=O)C1N=C(c2c(F)cccc2F)OC1c1ccc(OCCN2CCC[C@@H]2CO)cc1. The topological polar surface area (TPSA) is 97.4 Å². The molecule has 170 valence electrons. The fraction of sp³-hybridized carbons (Fsp3) is 0.391. The maximum atomic E-state index is 14.1. The Morgan fingerprint density at radius 2 is 1.94 bits per heavy atom. The second-order valence-corrected chi connectivity index (χ2v) is 7.85. The minimum Gasteiger partial charge on any atom is -0.492 e. The number of hydrogen-bond acceptors (Lipinski definition) is 6. The van der Waals surface area contributed by atoms with E-state index >= 15 is 0 Å². The molecule has 2 aromatic rings. The van der Waals surface area contributed by atoms with E-state index in [1.54, 1.807) is 24.3 Å². The van der Waals surface area contributed by atoms with Crippen molar-refractivity contribution in [1.82, 2.24) is 4.90 Å². The first-order valence-electron chi connectivity index (χ1n) is 10.5. The molecule has 3 N–H and O–H groups in total. The van der Waals surface area contributed by atoms with Crippen LogP contribution in [0, 0.1) is 11.6 Å². The normalized spacial score (nSPS) is 23.1. The number of nitrogens with two attached hydrogens (primary N) is 1. The number of aliphatic imine (C=N–C) groups is 1. The molecule has 2 aliphatic heterocycles. The molecule has 9 heteroatoms. The van der Waals surface area contributed by atoms with Crippen molar-refractivity contribution in [3.63, 3.8) is 0 Å². The average Bonchev–Trinajstić information content (AvgIpc) is 3.41. The van der Waals surface area contributed by atoms with E-state index < -0.39 is 35.3 Å². The number of likely N-dealkylation sites (tertiary alicyclic amines) is 1. The van der Waals surface area contributed by atoms with Crippen LogP contribution in [0.1, 0.15) is 30.1 Å². The summed E-state index contributed by atoms with van der Waals surface area (Å²) in [5.74, 6) is -2.09. The van der Waals surface area contributed by atoms with E-state index in [2.05, 4.69) is 9.89 Å². The van der Waals surface area contributed by atoms with E-state index in [-0.39, 0.29) is 18.5 Å². The smallest absolute Gasteiger partial charge is 0.246 e.